The third-order valence-corrected chi connectivity index (χ3v) is 0.612. The monoisotopic (exact) mass is 151 g/mol. The molecule has 0 radical (unpaired) electrons. The molecule has 3 nitrogen and oxygen atoms in total. The fraction of sp³-hybridized carbons (Fsp3) is 0. The minimum absolute atomic E-state index is 0.0278. The van der Waals surface area contributed by atoms with Crippen molar-refractivity contribution in [2.24, 2.45) is 0 Å². The summed E-state index contributed by atoms with van der Waals surface area (Å²) >= 11 is 0. The van der Waals surface area contributed by atoms with Crippen molar-refractivity contribution in [2.45, 2.75) is 0 Å². The molecule has 0 heterocycles. The second-order valence-electron chi connectivity index (χ2n) is 1.37. The van der Waals surface area contributed by atoms with Crippen molar-refractivity contribution in [2.75, 3.05) is 0 Å². The van der Waals surface area contributed by atoms with Gasteiger partial charge < -0.3 is 5.11 Å². The van der Waals surface area contributed by atoms with Crippen LogP contribution in [0.25, 0.3) is 0 Å². The highest BCUT2D eigenvalue weighted by Crippen LogP contribution is 1.86. The minimum Gasteiger partial charge on any atom is -0.478 e. The van der Waals surface area contributed by atoms with Crippen molar-refractivity contribution in [1.29, 1.82) is 5.26 Å². The van der Waals surface area contributed by atoms with Crippen LogP contribution in [0, 0.1) is 11.3 Å². The first-order chi connectivity index (χ1) is 5.09. The van der Waals surface area contributed by atoms with E-state index in [1.54, 1.807) is 6.07 Å². The van der Waals surface area contributed by atoms with E-state index in [0.29, 0.717) is 0 Å². The summed E-state index contributed by atoms with van der Waals surface area (Å²) in [5.41, 5.74) is 0.0278. The summed E-state index contributed by atoms with van der Waals surface area (Å²) in [6, 6.07) is 1.69. The number of nitrogens with zero attached hydrogens (tertiary/aromatic N) is 1. The summed E-state index contributed by atoms with van der Waals surface area (Å²) in [5.74, 6) is -1.02. The second-order valence-corrected chi connectivity index (χ2v) is 1.37. The predicted octanol–water partition coefficient (Wildman–Crippen LogP) is 1.51. The molecule has 1 N–H and O–H groups in total. The molecule has 0 aliphatic heterocycles. The Balaban J connectivity index is 0. The maximum Gasteiger partial charge on any atom is 0.335 e. The number of allylic oxidation sites excluding steroid dienone is 1. The number of carboxylic acids is 1. The van der Waals surface area contributed by atoms with Crippen LogP contribution in [0.1, 0.15) is 0 Å². The molecular weight excluding hydrogens is 142 g/mol. The molecule has 0 aromatic heterocycles. The van der Waals surface area contributed by atoms with Crippen LogP contribution in [-0.2, 0) is 4.79 Å². The zero-order valence-electron chi connectivity index (χ0n) is 6.08. The van der Waals surface area contributed by atoms with Gasteiger partial charge in [-0.15, -0.1) is 0 Å². The SMILES string of the molecule is C=CC#N.C=CC(=C)C(=O)O. The van der Waals surface area contributed by atoms with Crippen LogP contribution in [-0.4, -0.2) is 11.1 Å². The van der Waals surface area contributed by atoms with E-state index in [4.69, 9.17) is 10.4 Å². The normalized spacial score (nSPS) is 6.09. The molecule has 0 aliphatic rings. The van der Waals surface area contributed by atoms with E-state index in [-0.39, 0.29) is 5.57 Å². The molecule has 0 amide bonds. The molecule has 0 bridgehead atoms. The number of carbonyl (C=O) groups is 1. The first-order valence-corrected chi connectivity index (χ1v) is 2.65. The van der Waals surface area contributed by atoms with Crippen molar-refractivity contribution in [3.8, 4) is 6.07 Å². The van der Waals surface area contributed by atoms with E-state index >= 15 is 0 Å². The maximum atomic E-state index is 9.76. The molecule has 0 aromatic carbocycles. The Hall–Kier alpha value is -1.82. The third kappa shape index (κ3) is 11.6. The number of carboxylic acid groups (broad SMARTS) is 1. The van der Waals surface area contributed by atoms with Crippen molar-refractivity contribution in [3.63, 3.8) is 0 Å². The number of rotatable bonds is 2. The average molecular weight is 151 g/mol. The van der Waals surface area contributed by atoms with Gasteiger partial charge >= 0.3 is 5.97 Å². The van der Waals surface area contributed by atoms with E-state index in [1.165, 1.54) is 12.2 Å². The van der Waals surface area contributed by atoms with Gasteiger partial charge in [-0.3, -0.25) is 0 Å². The van der Waals surface area contributed by atoms with Gasteiger partial charge in [-0.25, -0.2) is 4.79 Å². The summed E-state index contributed by atoms with van der Waals surface area (Å²) in [4.78, 5) is 9.76. The van der Waals surface area contributed by atoms with Gasteiger partial charge in [-0.1, -0.05) is 25.8 Å². The van der Waals surface area contributed by atoms with E-state index < -0.39 is 5.97 Å². The molecule has 0 unspecified atom stereocenters. The Morgan fingerprint density at radius 3 is 1.91 bits per heavy atom. The summed E-state index contributed by atoms with van der Waals surface area (Å²) < 4.78 is 0. The zero-order chi connectivity index (χ0) is 9.28. The van der Waals surface area contributed by atoms with Gasteiger partial charge in [0.05, 0.1) is 11.6 Å². The molecule has 11 heavy (non-hydrogen) atoms. The fourth-order valence-corrected chi connectivity index (χ4v) is 0.0873. The van der Waals surface area contributed by atoms with Crippen LogP contribution in [0.3, 0.4) is 0 Å². The summed E-state index contributed by atoms with van der Waals surface area (Å²) in [5, 5.41) is 15.5. The quantitative estimate of drug-likeness (QED) is 0.369. The average Bonchev–Trinajstić information content (AvgIpc) is 2.03. The summed E-state index contributed by atoms with van der Waals surface area (Å²) in [7, 11) is 0. The highest BCUT2D eigenvalue weighted by atomic mass is 16.4. The summed E-state index contributed by atoms with van der Waals surface area (Å²) in [6.45, 7) is 9.47. The van der Waals surface area contributed by atoms with Crippen molar-refractivity contribution in [1.82, 2.24) is 0 Å². The lowest BCUT2D eigenvalue weighted by Gasteiger charge is -1.82. The van der Waals surface area contributed by atoms with Gasteiger partial charge in [-0.05, 0) is 0 Å². The Kier molecular flexibility index (Phi) is 8.86. The standard InChI is InChI=1S/C5H6O2.C3H3N/c1-3-4(2)5(6)7;1-2-3-4/h3H,1-2H2,(H,6,7);2H,1H2. The fourth-order valence-electron chi connectivity index (χ4n) is 0.0873. The number of hydrogen-bond acceptors (Lipinski definition) is 2. The van der Waals surface area contributed by atoms with Crippen LogP contribution >= 0.6 is 0 Å². The van der Waals surface area contributed by atoms with Crippen LogP contribution in [0.15, 0.2) is 37.5 Å². The van der Waals surface area contributed by atoms with Crippen LogP contribution in [0.2, 0.25) is 0 Å². The largest absolute Gasteiger partial charge is 0.478 e. The number of hydrogen-bond donors (Lipinski definition) is 1. The van der Waals surface area contributed by atoms with Gasteiger partial charge in [0, 0.05) is 6.08 Å². The van der Waals surface area contributed by atoms with Crippen molar-refractivity contribution >= 4 is 5.97 Å². The lowest BCUT2D eigenvalue weighted by atomic mass is 10.3. The van der Waals surface area contributed by atoms with E-state index in [2.05, 4.69) is 19.7 Å². The molecule has 0 saturated heterocycles. The number of nitriles is 1. The Labute approximate surface area is 65.6 Å². The second kappa shape index (κ2) is 8.18. The molecule has 0 atom stereocenters. The smallest absolute Gasteiger partial charge is 0.335 e. The van der Waals surface area contributed by atoms with E-state index in [1.807, 2.05) is 0 Å². The first kappa shape index (κ1) is 11.9. The highest BCUT2D eigenvalue weighted by molar-refractivity contribution is 5.88. The zero-order valence-corrected chi connectivity index (χ0v) is 6.08. The summed E-state index contributed by atoms with van der Waals surface area (Å²) in [6.07, 6.45) is 2.38. The molecule has 0 aliphatic carbocycles. The lowest BCUT2D eigenvalue weighted by molar-refractivity contribution is -0.132. The first-order valence-electron chi connectivity index (χ1n) is 2.65. The van der Waals surface area contributed by atoms with Crippen molar-refractivity contribution < 1.29 is 9.90 Å². The van der Waals surface area contributed by atoms with Gasteiger partial charge in [-0.2, -0.15) is 5.26 Å². The molecular formula is C8H9NO2. The highest BCUT2D eigenvalue weighted by Gasteiger charge is 1.93. The van der Waals surface area contributed by atoms with Gasteiger partial charge in [0.2, 0.25) is 0 Å². The molecule has 0 aromatic rings. The van der Waals surface area contributed by atoms with Gasteiger partial charge in [0.15, 0.2) is 0 Å². The van der Waals surface area contributed by atoms with Crippen molar-refractivity contribution in [3.05, 3.63) is 37.5 Å². The van der Waals surface area contributed by atoms with E-state index in [9.17, 15) is 4.79 Å². The third-order valence-electron chi connectivity index (χ3n) is 0.612. The minimum atomic E-state index is -1.02. The number of aliphatic carboxylic acids is 1. The molecule has 0 fully saturated rings. The Morgan fingerprint density at radius 2 is 1.91 bits per heavy atom. The topological polar surface area (TPSA) is 61.1 Å². The molecule has 0 saturated carbocycles. The lowest BCUT2D eigenvalue weighted by Crippen LogP contribution is -1.93. The van der Waals surface area contributed by atoms with Crippen LogP contribution in [0.4, 0.5) is 0 Å². The molecule has 58 valence electrons. The van der Waals surface area contributed by atoms with Crippen LogP contribution < -0.4 is 0 Å². The van der Waals surface area contributed by atoms with Gasteiger partial charge in [0.25, 0.3) is 0 Å². The predicted molar refractivity (Wildman–Crippen MR) is 42.8 cm³/mol. The Morgan fingerprint density at radius 1 is 1.55 bits per heavy atom. The molecule has 3 heteroatoms. The molecule has 0 spiro atoms. The van der Waals surface area contributed by atoms with Gasteiger partial charge in [0.1, 0.15) is 0 Å². The molecule has 0 rings (SSSR count). The van der Waals surface area contributed by atoms with E-state index in [0.717, 1.165) is 0 Å². The Bertz CT molecular complexity index is 211. The maximum absolute atomic E-state index is 9.76. The van der Waals surface area contributed by atoms with Crippen LogP contribution in [0.5, 0.6) is 0 Å².